The smallest absolute Gasteiger partial charge is 0.243 e. The lowest BCUT2D eigenvalue weighted by Crippen LogP contribution is -2.45. The number of rotatable bonds is 7. The normalized spacial score (nSPS) is 24.0. The number of sulfone groups is 1. The zero-order valence-corrected chi connectivity index (χ0v) is 18.1. The van der Waals surface area contributed by atoms with Gasteiger partial charge in [0.15, 0.2) is 9.84 Å². The Morgan fingerprint density at radius 3 is 2.66 bits per heavy atom. The Bertz CT molecular complexity index is 970. The highest BCUT2D eigenvalue weighted by atomic mass is 32.2. The van der Waals surface area contributed by atoms with Crippen LogP contribution in [0.1, 0.15) is 26.2 Å². The standard InChI is InChI=1S/C18H26N2O7S2/c1-13(21)19-17-10-16(5-6-18(17)26-2)29(24,25)20(11-15-4-3-8-27-15)14-7-9-28(22,23)12-14/h5-6,10,14-15H,3-4,7-9,11-12H2,1-2H3,(H,19,21)/t14-,15-/m0/s1. The molecule has 162 valence electrons. The molecule has 1 N–H and O–H groups in total. The molecule has 0 saturated carbocycles. The van der Waals surface area contributed by atoms with Crippen molar-refractivity contribution in [3.63, 3.8) is 0 Å². The molecule has 2 saturated heterocycles. The van der Waals surface area contributed by atoms with Crippen molar-refractivity contribution in [1.29, 1.82) is 0 Å². The average molecular weight is 447 g/mol. The lowest BCUT2D eigenvalue weighted by molar-refractivity contribution is -0.114. The van der Waals surface area contributed by atoms with Crippen molar-refractivity contribution in [2.24, 2.45) is 0 Å². The predicted molar refractivity (Wildman–Crippen MR) is 107 cm³/mol. The number of methoxy groups -OCH3 is 1. The van der Waals surface area contributed by atoms with Crippen LogP contribution >= 0.6 is 0 Å². The number of carbonyl (C=O) groups excluding carboxylic acids is 1. The quantitative estimate of drug-likeness (QED) is 0.664. The van der Waals surface area contributed by atoms with Gasteiger partial charge in [-0.25, -0.2) is 16.8 Å². The van der Waals surface area contributed by atoms with Crippen LogP contribution in [0.25, 0.3) is 0 Å². The Morgan fingerprint density at radius 2 is 2.10 bits per heavy atom. The molecule has 0 unspecified atom stereocenters. The maximum absolute atomic E-state index is 13.5. The number of carbonyl (C=O) groups is 1. The molecule has 0 aromatic heterocycles. The Kier molecular flexibility index (Phi) is 6.51. The zero-order chi connectivity index (χ0) is 21.2. The molecule has 9 nitrogen and oxygen atoms in total. The number of hydrogen-bond donors (Lipinski definition) is 1. The molecule has 1 aromatic carbocycles. The summed E-state index contributed by atoms with van der Waals surface area (Å²) in [5, 5.41) is 2.56. The Balaban J connectivity index is 1.98. The van der Waals surface area contributed by atoms with Gasteiger partial charge in [0.1, 0.15) is 5.75 Å². The fourth-order valence-electron chi connectivity index (χ4n) is 3.71. The summed E-state index contributed by atoms with van der Waals surface area (Å²) in [4.78, 5) is 11.4. The van der Waals surface area contributed by atoms with E-state index < -0.39 is 25.9 Å². The fourth-order valence-corrected chi connectivity index (χ4v) is 7.24. The summed E-state index contributed by atoms with van der Waals surface area (Å²) >= 11 is 0. The molecule has 0 spiro atoms. The second-order valence-electron chi connectivity index (χ2n) is 7.31. The SMILES string of the molecule is COc1ccc(S(=O)(=O)N(C[C@@H]2CCCO2)[C@H]2CCS(=O)(=O)C2)cc1NC(C)=O. The molecule has 0 aliphatic carbocycles. The van der Waals surface area contributed by atoms with E-state index in [1.165, 1.54) is 36.5 Å². The largest absolute Gasteiger partial charge is 0.495 e. The summed E-state index contributed by atoms with van der Waals surface area (Å²) in [6, 6.07) is 3.56. The maximum atomic E-state index is 13.5. The van der Waals surface area contributed by atoms with E-state index in [2.05, 4.69) is 5.32 Å². The monoisotopic (exact) mass is 446 g/mol. The molecular formula is C18H26N2O7S2. The van der Waals surface area contributed by atoms with Gasteiger partial charge in [0.2, 0.25) is 15.9 Å². The first-order valence-electron chi connectivity index (χ1n) is 9.42. The number of benzene rings is 1. The van der Waals surface area contributed by atoms with Crippen LogP contribution in [0.2, 0.25) is 0 Å². The summed E-state index contributed by atoms with van der Waals surface area (Å²) in [6.45, 7) is 1.98. The number of sulfonamides is 1. The van der Waals surface area contributed by atoms with E-state index in [0.29, 0.717) is 12.4 Å². The third-order valence-electron chi connectivity index (χ3n) is 5.11. The van der Waals surface area contributed by atoms with Crippen LogP contribution in [-0.2, 0) is 29.4 Å². The second-order valence-corrected chi connectivity index (χ2v) is 11.4. The molecular weight excluding hydrogens is 420 g/mol. The number of nitrogens with zero attached hydrogens (tertiary/aromatic N) is 1. The van der Waals surface area contributed by atoms with Crippen molar-refractivity contribution in [2.45, 2.75) is 43.2 Å². The van der Waals surface area contributed by atoms with Crippen molar-refractivity contribution < 1.29 is 31.1 Å². The first-order valence-corrected chi connectivity index (χ1v) is 12.7. The highest BCUT2D eigenvalue weighted by Crippen LogP contribution is 2.32. The minimum Gasteiger partial charge on any atom is -0.495 e. The third kappa shape index (κ3) is 5.08. The number of hydrogen-bond acceptors (Lipinski definition) is 7. The van der Waals surface area contributed by atoms with Crippen LogP contribution in [0.5, 0.6) is 5.75 Å². The first-order chi connectivity index (χ1) is 13.6. The van der Waals surface area contributed by atoms with Crippen LogP contribution in [0.4, 0.5) is 5.69 Å². The van der Waals surface area contributed by atoms with E-state index in [4.69, 9.17) is 9.47 Å². The molecule has 2 atom stereocenters. The van der Waals surface area contributed by atoms with E-state index in [0.717, 1.165) is 12.8 Å². The van der Waals surface area contributed by atoms with Gasteiger partial charge in [0, 0.05) is 26.1 Å². The molecule has 1 aromatic rings. The van der Waals surface area contributed by atoms with Crippen molar-refractivity contribution in [1.82, 2.24) is 4.31 Å². The Morgan fingerprint density at radius 1 is 1.34 bits per heavy atom. The molecule has 0 bridgehead atoms. The van der Waals surface area contributed by atoms with Crippen molar-refractivity contribution in [2.75, 3.05) is 37.1 Å². The van der Waals surface area contributed by atoms with E-state index >= 15 is 0 Å². The summed E-state index contributed by atoms with van der Waals surface area (Å²) in [5.74, 6) is -0.271. The molecule has 2 fully saturated rings. The van der Waals surface area contributed by atoms with Crippen LogP contribution in [0.15, 0.2) is 23.1 Å². The van der Waals surface area contributed by atoms with Gasteiger partial charge in [-0.15, -0.1) is 0 Å². The van der Waals surface area contributed by atoms with Gasteiger partial charge >= 0.3 is 0 Å². The van der Waals surface area contributed by atoms with Crippen LogP contribution < -0.4 is 10.1 Å². The van der Waals surface area contributed by atoms with Crippen molar-refractivity contribution in [3.8, 4) is 5.75 Å². The lowest BCUT2D eigenvalue weighted by atomic mass is 10.2. The summed E-state index contributed by atoms with van der Waals surface area (Å²) in [5.41, 5.74) is 0.234. The summed E-state index contributed by atoms with van der Waals surface area (Å²) in [7, 11) is -5.88. The Hall–Kier alpha value is -1.69. The van der Waals surface area contributed by atoms with Gasteiger partial charge in [-0.2, -0.15) is 4.31 Å². The van der Waals surface area contributed by atoms with Gasteiger partial charge in [-0.1, -0.05) is 0 Å². The van der Waals surface area contributed by atoms with E-state index in [1.54, 1.807) is 0 Å². The topological polar surface area (TPSA) is 119 Å². The molecule has 11 heteroatoms. The highest BCUT2D eigenvalue weighted by Gasteiger charge is 2.40. The molecule has 2 aliphatic heterocycles. The molecule has 29 heavy (non-hydrogen) atoms. The van der Waals surface area contributed by atoms with E-state index in [-0.39, 0.29) is 47.1 Å². The van der Waals surface area contributed by atoms with Gasteiger partial charge < -0.3 is 14.8 Å². The van der Waals surface area contributed by atoms with E-state index in [1.807, 2.05) is 0 Å². The highest BCUT2D eigenvalue weighted by molar-refractivity contribution is 7.92. The van der Waals surface area contributed by atoms with Gasteiger partial charge in [-0.05, 0) is 37.5 Å². The molecule has 1 amide bonds. The summed E-state index contributed by atoms with van der Waals surface area (Å²) in [6.07, 6.45) is 1.56. The Labute approximate surface area is 171 Å². The fraction of sp³-hybridized carbons (Fsp3) is 0.611. The number of nitrogens with one attached hydrogen (secondary N) is 1. The zero-order valence-electron chi connectivity index (χ0n) is 16.5. The average Bonchev–Trinajstić information content (AvgIpc) is 3.28. The minimum absolute atomic E-state index is 0.0328. The number of ether oxygens (including phenoxy) is 2. The third-order valence-corrected chi connectivity index (χ3v) is 8.78. The van der Waals surface area contributed by atoms with Crippen LogP contribution in [0, 0.1) is 0 Å². The first kappa shape index (κ1) is 22.0. The van der Waals surface area contributed by atoms with Gasteiger partial charge in [0.05, 0.1) is 35.3 Å². The van der Waals surface area contributed by atoms with Crippen LogP contribution in [-0.4, -0.2) is 71.0 Å². The van der Waals surface area contributed by atoms with Crippen molar-refractivity contribution >= 4 is 31.5 Å². The predicted octanol–water partition coefficient (Wildman–Crippen LogP) is 1.01. The minimum atomic E-state index is -4.02. The lowest BCUT2D eigenvalue weighted by Gasteiger charge is -2.29. The van der Waals surface area contributed by atoms with Crippen molar-refractivity contribution in [3.05, 3.63) is 18.2 Å². The molecule has 3 rings (SSSR count). The molecule has 2 aliphatic rings. The molecule has 2 heterocycles. The van der Waals surface area contributed by atoms with Crippen LogP contribution in [0.3, 0.4) is 0 Å². The maximum Gasteiger partial charge on any atom is 0.243 e. The van der Waals surface area contributed by atoms with Gasteiger partial charge in [-0.3, -0.25) is 4.79 Å². The second kappa shape index (κ2) is 8.58. The summed E-state index contributed by atoms with van der Waals surface area (Å²) < 4.78 is 63.0. The van der Waals surface area contributed by atoms with Gasteiger partial charge in [0.25, 0.3) is 0 Å². The molecule has 0 radical (unpaired) electrons. The number of amides is 1. The number of anilines is 1. The van der Waals surface area contributed by atoms with E-state index in [9.17, 15) is 21.6 Å².